The van der Waals surface area contributed by atoms with Gasteiger partial charge in [0.15, 0.2) is 6.23 Å². The van der Waals surface area contributed by atoms with Gasteiger partial charge in [0.2, 0.25) is 0 Å². The van der Waals surface area contributed by atoms with Crippen LogP contribution >= 0.6 is 0 Å². The van der Waals surface area contributed by atoms with Crippen LogP contribution in [-0.2, 0) is 9.47 Å². The Labute approximate surface area is 181 Å². The summed E-state index contributed by atoms with van der Waals surface area (Å²) in [5, 5.41) is 5.94. The monoisotopic (exact) mass is 424 g/mol. The van der Waals surface area contributed by atoms with Gasteiger partial charge < -0.3 is 18.9 Å². The van der Waals surface area contributed by atoms with E-state index in [1.165, 1.54) is 0 Å². The third kappa shape index (κ3) is 4.36. The Hall–Kier alpha value is -2.71. The molecule has 31 heavy (non-hydrogen) atoms. The second-order valence-corrected chi connectivity index (χ2v) is 8.18. The average molecular weight is 425 g/mol. The van der Waals surface area contributed by atoms with E-state index in [0.29, 0.717) is 25.8 Å². The summed E-state index contributed by atoms with van der Waals surface area (Å²) in [7, 11) is 0. The zero-order valence-electron chi connectivity index (χ0n) is 18.0. The predicted octanol–water partition coefficient (Wildman–Crippen LogP) is 4.07. The van der Waals surface area contributed by atoms with E-state index < -0.39 is 0 Å². The molecule has 8 nitrogen and oxygen atoms in total. The summed E-state index contributed by atoms with van der Waals surface area (Å²) in [5.74, 6) is 0.783. The van der Waals surface area contributed by atoms with Crippen LogP contribution in [-0.4, -0.2) is 52.3 Å². The highest BCUT2D eigenvalue weighted by molar-refractivity contribution is 5.93. The third-order valence-electron chi connectivity index (χ3n) is 5.54. The maximum atomic E-state index is 6.13. The zero-order chi connectivity index (χ0) is 21.2. The number of rotatable bonds is 1. The highest BCUT2D eigenvalue weighted by Gasteiger charge is 2.23. The molecule has 164 valence electrons. The van der Waals surface area contributed by atoms with Gasteiger partial charge in [0.25, 0.3) is 0 Å². The highest BCUT2D eigenvalue weighted by Crippen LogP contribution is 2.35. The molecule has 8 heteroatoms. The minimum Gasteiger partial charge on any atom is -0.488 e. The van der Waals surface area contributed by atoms with E-state index >= 15 is 0 Å². The molecule has 0 saturated carbocycles. The average Bonchev–Trinajstić information content (AvgIpc) is 3.15. The largest absolute Gasteiger partial charge is 0.488 e. The van der Waals surface area contributed by atoms with E-state index in [0.717, 1.165) is 66.0 Å². The highest BCUT2D eigenvalue weighted by atomic mass is 16.5. The van der Waals surface area contributed by atoms with Crippen LogP contribution in [0.15, 0.2) is 24.3 Å². The number of benzene rings is 1. The van der Waals surface area contributed by atoms with Gasteiger partial charge in [-0.05, 0) is 57.4 Å². The first-order valence-electron chi connectivity index (χ1n) is 11.0. The van der Waals surface area contributed by atoms with Crippen molar-refractivity contribution in [3.05, 3.63) is 30.0 Å². The lowest BCUT2D eigenvalue weighted by atomic mass is 10.1. The maximum absolute atomic E-state index is 6.13. The van der Waals surface area contributed by atoms with Crippen molar-refractivity contribution >= 4 is 10.9 Å². The predicted molar refractivity (Wildman–Crippen MR) is 115 cm³/mol. The molecule has 0 N–H and O–H groups in total. The molecular formula is C23H28N4O4. The minimum absolute atomic E-state index is 0.0632. The molecule has 1 saturated heterocycles. The van der Waals surface area contributed by atoms with Crippen molar-refractivity contribution in [2.45, 2.75) is 51.9 Å². The molecule has 2 aromatic heterocycles. The Morgan fingerprint density at radius 2 is 1.97 bits per heavy atom. The number of fused-ring (bicyclic) bond motifs is 4. The van der Waals surface area contributed by atoms with Gasteiger partial charge in [-0.15, -0.1) is 0 Å². The van der Waals surface area contributed by atoms with Crippen LogP contribution in [0.2, 0.25) is 0 Å². The summed E-state index contributed by atoms with van der Waals surface area (Å²) in [6.07, 6.45) is 3.78. The Morgan fingerprint density at radius 3 is 2.84 bits per heavy atom. The van der Waals surface area contributed by atoms with Crippen LogP contribution in [0.5, 0.6) is 11.8 Å². The fourth-order valence-electron chi connectivity index (χ4n) is 4.09. The summed E-state index contributed by atoms with van der Waals surface area (Å²) >= 11 is 0. The molecule has 4 bridgehead atoms. The van der Waals surface area contributed by atoms with Crippen LogP contribution < -0.4 is 9.47 Å². The molecule has 3 aromatic rings. The van der Waals surface area contributed by atoms with Crippen molar-refractivity contribution in [1.82, 2.24) is 19.7 Å². The van der Waals surface area contributed by atoms with Gasteiger partial charge in [-0.25, -0.2) is 9.67 Å². The molecule has 0 amide bonds. The van der Waals surface area contributed by atoms with E-state index in [4.69, 9.17) is 24.0 Å². The van der Waals surface area contributed by atoms with Crippen molar-refractivity contribution in [3.63, 3.8) is 0 Å². The zero-order valence-corrected chi connectivity index (χ0v) is 18.0. The van der Waals surface area contributed by atoms with Gasteiger partial charge in [0, 0.05) is 30.7 Å². The fourth-order valence-corrected chi connectivity index (χ4v) is 4.09. The minimum atomic E-state index is -0.0756. The van der Waals surface area contributed by atoms with E-state index in [2.05, 4.69) is 16.0 Å². The third-order valence-corrected chi connectivity index (χ3v) is 5.54. The van der Waals surface area contributed by atoms with Crippen LogP contribution in [0.25, 0.3) is 22.3 Å². The Morgan fingerprint density at radius 1 is 1.03 bits per heavy atom. The molecule has 1 unspecified atom stereocenters. The van der Waals surface area contributed by atoms with E-state index in [9.17, 15) is 0 Å². The Bertz CT molecular complexity index is 1060. The molecule has 2 aliphatic rings. The lowest BCUT2D eigenvalue weighted by Gasteiger charge is -2.23. The number of ether oxygens (including phenoxy) is 4. The van der Waals surface area contributed by atoms with Crippen molar-refractivity contribution in [3.8, 4) is 23.1 Å². The topological polar surface area (TPSA) is 80.5 Å². The van der Waals surface area contributed by atoms with E-state index in [1.54, 1.807) is 0 Å². The van der Waals surface area contributed by atoms with Crippen LogP contribution in [0.4, 0.5) is 0 Å². The molecule has 5 rings (SSSR count). The van der Waals surface area contributed by atoms with Gasteiger partial charge in [-0.1, -0.05) is 0 Å². The second-order valence-electron chi connectivity index (χ2n) is 8.18. The first-order chi connectivity index (χ1) is 15.2. The number of hydrogen-bond donors (Lipinski definition) is 0. The SMILES string of the molecule is Cc1cc2nc(n1)OCCCOC[C@H](C)Oc1ccc3c(c1)c-2nn3C1CCCCO1. The second kappa shape index (κ2) is 8.80. The van der Waals surface area contributed by atoms with Crippen LogP contribution in [0.3, 0.4) is 0 Å². The molecule has 2 atom stereocenters. The number of aromatic nitrogens is 4. The Kier molecular flexibility index (Phi) is 5.74. The van der Waals surface area contributed by atoms with Crippen molar-refractivity contribution in [2.75, 3.05) is 26.4 Å². The summed E-state index contributed by atoms with van der Waals surface area (Å²) in [4.78, 5) is 9.10. The molecule has 1 aromatic carbocycles. The summed E-state index contributed by atoms with van der Waals surface area (Å²) in [6, 6.07) is 8.38. The number of hydrogen-bond acceptors (Lipinski definition) is 7. The smallest absolute Gasteiger partial charge is 0.317 e. The van der Waals surface area contributed by atoms with E-state index in [1.807, 2.05) is 36.7 Å². The first-order valence-corrected chi connectivity index (χ1v) is 11.0. The van der Waals surface area contributed by atoms with Crippen molar-refractivity contribution < 1.29 is 18.9 Å². The summed E-state index contributed by atoms with van der Waals surface area (Å²) in [6.45, 7) is 6.31. The summed E-state index contributed by atoms with van der Waals surface area (Å²) < 4.78 is 25.7. The van der Waals surface area contributed by atoms with Crippen molar-refractivity contribution in [2.24, 2.45) is 0 Å². The normalized spacial score (nSPS) is 22.4. The van der Waals surface area contributed by atoms with E-state index in [-0.39, 0.29) is 12.3 Å². The number of nitrogens with zero attached hydrogens (tertiary/aromatic N) is 4. The molecule has 1 fully saturated rings. The first kappa shape index (κ1) is 20.2. The lowest BCUT2D eigenvalue weighted by Crippen LogP contribution is -2.20. The van der Waals surface area contributed by atoms with Crippen molar-refractivity contribution in [1.29, 1.82) is 0 Å². The van der Waals surface area contributed by atoms with Crippen LogP contribution in [0, 0.1) is 6.92 Å². The molecule has 4 heterocycles. The molecule has 0 spiro atoms. The molecule has 0 radical (unpaired) electrons. The fraction of sp³-hybridized carbons (Fsp3) is 0.522. The molecule has 2 aliphatic heterocycles. The van der Waals surface area contributed by atoms with Gasteiger partial charge in [-0.2, -0.15) is 10.1 Å². The lowest BCUT2D eigenvalue weighted by molar-refractivity contribution is -0.0365. The number of aryl methyl sites for hydroxylation is 1. The Balaban J connectivity index is 1.65. The summed E-state index contributed by atoms with van der Waals surface area (Å²) in [5.41, 5.74) is 3.35. The van der Waals surface area contributed by atoms with Gasteiger partial charge in [0.1, 0.15) is 17.5 Å². The molecule has 0 aliphatic carbocycles. The van der Waals surface area contributed by atoms with Gasteiger partial charge in [-0.3, -0.25) is 0 Å². The quantitative estimate of drug-likeness (QED) is 0.582. The standard InChI is InChI=1S/C23H28N4O4/c1-15-12-19-22-18-13-17(7-8-20(18)27(26-22)21-6-3-4-10-29-21)31-16(2)14-28-9-5-11-30-23(24-15)25-19/h7-8,12-13,16,21H,3-6,9-11,14H2,1-2H3/t16-,21?/m0/s1. The van der Waals surface area contributed by atoms with Crippen LogP contribution in [0.1, 0.15) is 44.5 Å². The van der Waals surface area contributed by atoms with Gasteiger partial charge >= 0.3 is 6.01 Å². The van der Waals surface area contributed by atoms with Gasteiger partial charge in [0.05, 0.1) is 24.4 Å². The molecular weight excluding hydrogens is 396 g/mol. The maximum Gasteiger partial charge on any atom is 0.317 e.